The first-order valence-corrected chi connectivity index (χ1v) is 8.08. The molecular weight excluding hydrogens is 268 g/mol. The molecule has 0 aliphatic heterocycles. The standard InChI is InChI=1S/C16H20N2OS/c1-16(2,3)15-17-14(19-18-15)10-20-13-8-7-11-5-4-6-12(11)9-13/h7-9H,4-6,10H2,1-3H3. The smallest absolute Gasteiger partial charge is 0.237 e. The fourth-order valence-corrected chi connectivity index (χ4v) is 3.20. The Bertz CT molecular complexity index is 613. The van der Waals surface area contributed by atoms with E-state index in [1.54, 1.807) is 11.8 Å². The molecular formula is C16H20N2OS. The van der Waals surface area contributed by atoms with Crippen molar-refractivity contribution in [3.63, 3.8) is 0 Å². The highest BCUT2D eigenvalue weighted by Crippen LogP contribution is 2.29. The number of aromatic nitrogens is 2. The van der Waals surface area contributed by atoms with Crippen molar-refractivity contribution in [2.24, 2.45) is 0 Å². The van der Waals surface area contributed by atoms with Gasteiger partial charge in [0.2, 0.25) is 5.89 Å². The summed E-state index contributed by atoms with van der Waals surface area (Å²) in [5.41, 5.74) is 2.97. The van der Waals surface area contributed by atoms with Crippen molar-refractivity contribution in [1.29, 1.82) is 0 Å². The number of aryl methyl sites for hydroxylation is 2. The van der Waals surface area contributed by atoms with E-state index in [1.165, 1.54) is 35.3 Å². The van der Waals surface area contributed by atoms with E-state index in [2.05, 4.69) is 49.1 Å². The molecule has 2 aromatic rings. The third-order valence-electron chi connectivity index (χ3n) is 3.57. The Morgan fingerprint density at radius 3 is 2.75 bits per heavy atom. The van der Waals surface area contributed by atoms with Crippen LogP contribution in [0.2, 0.25) is 0 Å². The summed E-state index contributed by atoms with van der Waals surface area (Å²) in [5, 5.41) is 4.06. The van der Waals surface area contributed by atoms with Gasteiger partial charge in [-0.1, -0.05) is 32.0 Å². The number of nitrogens with zero attached hydrogens (tertiary/aromatic N) is 2. The van der Waals surface area contributed by atoms with Gasteiger partial charge in [0.1, 0.15) is 0 Å². The van der Waals surface area contributed by atoms with Gasteiger partial charge in [0.15, 0.2) is 5.82 Å². The minimum atomic E-state index is -0.0556. The Hall–Kier alpha value is -1.29. The fraction of sp³-hybridized carbons (Fsp3) is 0.500. The molecule has 0 bridgehead atoms. The third kappa shape index (κ3) is 2.90. The monoisotopic (exact) mass is 288 g/mol. The van der Waals surface area contributed by atoms with Gasteiger partial charge in [0, 0.05) is 10.3 Å². The Morgan fingerprint density at radius 1 is 1.20 bits per heavy atom. The van der Waals surface area contributed by atoms with Crippen LogP contribution in [0, 0.1) is 0 Å². The van der Waals surface area contributed by atoms with E-state index in [1.807, 2.05) is 0 Å². The molecule has 1 aliphatic rings. The molecule has 0 unspecified atom stereocenters. The molecule has 1 aromatic heterocycles. The van der Waals surface area contributed by atoms with E-state index in [-0.39, 0.29) is 5.41 Å². The Kier molecular flexibility index (Phi) is 3.59. The first kappa shape index (κ1) is 13.7. The predicted molar refractivity (Wildman–Crippen MR) is 81.0 cm³/mol. The number of rotatable bonds is 3. The Morgan fingerprint density at radius 2 is 2.00 bits per heavy atom. The maximum absolute atomic E-state index is 5.32. The maximum Gasteiger partial charge on any atom is 0.237 e. The molecule has 3 nitrogen and oxygen atoms in total. The quantitative estimate of drug-likeness (QED) is 0.795. The van der Waals surface area contributed by atoms with Gasteiger partial charge in [-0.15, -0.1) is 11.8 Å². The van der Waals surface area contributed by atoms with Crippen LogP contribution in [0.3, 0.4) is 0 Å². The van der Waals surface area contributed by atoms with Gasteiger partial charge in [-0.2, -0.15) is 4.98 Å². The summed E-state index contributed by atoms with van der Waals surface area (Å²) >= 11 is 1.77. The van der Waals surface area contributed by atoms with Gasteiger partial charge in [-0.25, -0.2) is 0 Å². The Balaban J connectivity index is 1.66. The van der Waals surface area contributed by atoms with Gasteiger partial charge in [0.25, 0.3) is 0 Å². The molecule has 106 valence electrons. The minimum absolute atomic E-state index is 0.0556. The average molecular weight is 288 g/mol. The third-order valence-corrected chi connectivity index (χ3v) is 4.55. The lowest BCUT2D eigenvalue weighted by atomic mass is 9.96. The van der Waals surface area contributed by atoms with Crippen LogP contribution in [0.4, 0.5) is 0 Å². The second kappa shape index (κ2) is 5.24. The van der Waals surface area contributed by atoms with E-state index in [0.29, 0.717) is 5.89 Å². The number of fused-ring (bicyclic) bond motifs is 1. The fourth-order valence-electron chi connectivity index (χ4n) is 2.40. The van der Waals surface area contributed by atoms with Crippen LogP contribution in [0.15, 0.2) is 27.6 Å². The van der Waals surface area contributed by atoms with Crippen LogP contribution in [0.5, 0.6) is 0 Å². The summed E-state index contributed by atoms with van der Waals surface area (Å²) in [6.07, 6.45) is 3.75. The van der Waals surface area contributed by atoms with Crippen LogP contribution in [0.1, 0.15) is 50.0 Å². The van der Waals surface area contributed by atoms with E-state index in [4.69, 9.17) is 4.52 Å². The van der Waals surface area contributed by atoms with Gasteiger partial charge in [-0.05, 0) is 42.5 Å². The molecule has 0 saturated carbocycles. The highest BCUT2D eigenvalue weighted by molar-refractivity contribution is 7.98. The molecule has 1 heterocycles. The van der Waals surface area contributed by atoms with Crippen LogP contribution < -0.4 is 0 Å². The summed E-state index contributed by atoms with van der Waals surface area (Å²) in [6, 6.07) is 6.78. The zero-order valence-corrected chi connectivity index (χ0v) is 13.1. The Labute approximate surface area is 124 Å². The molecule has 0 fully saturated rings. The summed E-state index contributed by atoms with van der Waals surface area (Å²) in [5.74, 6) is 2.23. The summed E-state index contributed by atoms with van der Waals surface area (Å²) in [4.78, 5) is 5.76. The topological polar surface area (TPSA) is 38.9 Å². The van der Waals surface area contributed by atoms with Crippen molar-refractivity contribution in [3.8, 4) is 0 Å². The lowest BCUT2D eigenvalue weighted by molar-refractivity contribution is 0.373. The van der Waals surface area contributed by atoms with Crippen molar-refractivity contribution < 1.29 is 4.52 Å². The van der Waals surface area contributed by atoms with Crippen LogP contribution in [-0.4, -0.2) is 10.1 Å². The van der Waals surface area contributed by atoms with Crippen molar-refractivity contribution in [2.45, 2.75) is 56.1 Å². The van der Waals surface area contributed by atoms with E-state index in [9.17, 15) is 0 Å². The molecule has 0 saturated heterocycles. The van der Waals surface area contributed by atoms with E-state index >= 15 is 0 Å². The second-order valence-electron chi connectivity index (χ2n) is 6.33. The molecule has 1 aromatic carbocycles. The zero-order chi connectivity index (χ0) is 14.2. The van der Waals surface area contributed by atoms with Crippen molar-refractivity contribution >= 4 is 11.8 Å². The normalized spacial score (nSPS) is 14.6. The van der Waals surface area contributed by atoms with Crippen molar-refractivity contribution in [1.82, 2.24) is 10.1 Å². The summed E-state index contributed by atoms with van der Waals surface area (Å²) < 4.78 is 5.32. The summed E-state index contributed by atoms with van der Waals surface area (Å²) in [6.45, 7) is 6.28. The van der Waals surface area contributed by atoms with Crippen LogP contribution in [-0.2, 0) is 24.0 Å². The van der Waals surface area contributed by atoms with Crippen LogP contribution >= 0.6 is 11.8 Å². The van der Waals surface area contributed by atoms with Crippen LogP contribution in [0.25, 0.3) is 0 Å². The first-order chi connectivity index (χ1) is 9.52. The molecule has 4 heteroatoms. The molecule has 0 spiro atoms. The van der Waals surface area contributed by atoms with E-state index < -0.39 is 0 Å². The SMILES string of the molecule is CC(C)(C)c1noc(CSc2ccc3c(c2)CCC3)n1. The predicted octanol–water partition coefficient (Wildman–Crippen LogP) is 4.15. The highest BCUT2D eigenvalue weighted by Gasteiger charge is 2.21. The second-order valence-corrected chi connectivity index (χ2v) is 7.38. The maximum atomic E-state index is 5.32. The molecule has 0 amide bonds. The average Bonchev–Trinajstić information content (AvgIpc) is 3.04. The highest BCUT2D eigenvalue weighted by atomic mass is 32.2. The van der Waals surface area contributed by atoms with Crippen molar-refractivity contribution in [2.75, 3.05) is 0 Å². The molecule has 20 heavy (non-hydrogen) atoms. The van der Waals surface area contributed by atoms with E-state index in [0.717, 1.165) is 11.6 Å². The molecule has 1 aliphatic carbocycles. The largest absolute Gasteiger partial charge is 0.338 e. The first-order valence-electron chi connectivity index (χ1n) is 7.10. The summed E-state index contributed by atoms with van der Waals surface area (Å²) in [7, 11) is 0. The van der Waals surface area contributed by atoms with Crippen molar-refractivity contribution in [3.05, 3.63) is 41.0 Å². The molecule has 3 rings (SSSR count). The number of hydrogen-bond acceptors (Lipinski definition) is 4. The molecule has 0 atom stereocenters. The van der Waals surface area contributed by atoms with Gasteiger partial charge in [0.05, 0.1) is 5.75 Å². The number of benzene rings is 1. The lowest BCUT2D eigenvalue weighted by Gasteiger charge is -2.10. The molecule has 0 radical (unpaired) electrons. The zero-order valence-electron chi connectivity index (χ0n) is 12.3. The van der Waals surface area contributed by atoms with Gasteiger partial charge < -0.3 is 4.52 Å². The number of hydrogen-bond donors (Lipinski definition) is 0. The van der Waals surface area contributed by atoms with Gasteiger partial charge in [-0.3, -0.25) is 0 Å². The minimum Gasteiger partial charge on any atom is -0.338 e. The molecule has 0 N–H and O–H groups in total. The lowest BCUT2D eigenvalue weighted by Crippen LogP contribution is -2.13. The van der Waals surface area contributed by atoms with Gasteiger partial charge >= 0.3 is 0 Å². The number of thioether (sulfide) groups is 1.